The average molecular weight is 323 g/mol. The summed E-state index contributed by atoms with van der Waals surface area (Å²) in [5.74, 6) is 1.81. The van der Waals surface area contributed by atoms with Crippen LogP contribution in [-0.2, 0) is 0 Å². The first-order chi connectivity index (χ1) is 10.5. The number of fused-ring (bicyclic) bond motifs is 2. The molecule has 1 aromatic rings. The summed E-state index contributed by atoms with van der Waals surface area (Å²) in [6, 6.07) is 4.26. The van der Waals surface area contributed by atoms with E-state index in [1.165, 1.54) is 43.9 Å². The van der Waals surface area contributed by atoms with Crippen LogP contribution in [0, 0.1) is 27.9 Å². The van der Waals surface area contributed by atoms with E-state index in [0.29, 0.717) is 5.92 Å². The molecule has 0 saturated heterocycles. The van der Waals surface area contributed by atoms with E-state index in [-0.39, 0.29) is 28.2 Å². The second kappa shape index (κ2) is 5.88. The summed E-state index contributed by atoms with van der Waals surface area (Å²) < 4.78 is 0. The molecule has 0 aromatic heterocycles. The third-order valence-electron chi connectivity index (χ3n) is 5.20. The van der Waals surface area contributed by atoms with Gasteiger partial charge in [-0.3, -0.25) is 14.9 Å². The molecule has 0 radical (unpaired) electrons. The fourth-order valence-corrected chi connectivity index (χ4v) is 4.28. The van der Waals surface area contributed by atoms with E-state index >= 15 is 0 Å². The average Bonchev–Trinajstić information content (AvgIpc) is 3.09. The number of carbonyl (C=O) groups excluding carboxylic acids is 1. The molecule has 0 unspecified atom stereocenters. The van der Waals surface area contributed by atoms with Crippen LogP contribution in [0.25, 0.3) is 0 Å². The molecule has 1 amide bonds. The van der Waals surface area contributed by atoms with Gasteiger partial charge in [0, 0.05) is 17.7 Å². The normalized spacial score (nSPS) is 27.6. The van der Waals surface area contributed by atoms with Gasteiger partial charge < -0.3 is 5.32 Å². The molecule has 1 aromatic carbocycles. The molecule has 118 valence electrons. The van der Waals surface area contributed by atoms with E-state index in [2.05, 4.69) is 5.32 Å². The number of halogens is 1. The van der Waals surface area contributed by atoms with Crippen molar-refractivity contribution in [3.63, 3.8) is 0 Å². The van der Waals surface area contributed by atoms with Gasteiger partial charge in [0.15, 0.2) is 0 Å². The van der Waals surface area contributed by atoms with Gasteiger partial charge in [-0.2, -0.15) is 0 Å². The molecule has 0 aliphatic heterocycles. The Morgan fingerprint density at radius 3 is 2.77 bits per heavy atom. The summed E-state index contributed by atoms with van der Waals surface area (Å²) in [6.07, 6.45) is 5.07. The van der Waals surface area contributed by atoms with Gasteiger partial charge in [0.1, 0.15) is 5.02 Å². The van der Waals surface area contributed by atoms with Crippen molar-refractivity contribution in [3.8, 4) is 0 Å². The number of hydrogen-bond acceptors (Lipinski definition) is 3. The molecule has 2 aliphatic carbocycles. The smallest absolute Gasteiger partial charge is 0.288 e. The highest BCUT2D eigenvalue weighted by atomic mass is 35.5. The van der Waals surface area contributed by atoms with Crippen molar-refractivity contribution in [2.75, 3.05) is 0 Å². The maximum absolute atomic E-state index is 12.3. The minimum absolute atomic E-state index is 0.0442. The van der Waals surface area contributed by atoms with Crippen LogP contribution in [0.4, 0.5) is 5.69 Å². The lowest BCUT2D eigenvalue weighted by atomic mass is 9.84. The summed E-state index contributed by atoms with van der Waals surface area (Å²) in [7, 11) is 0. The van der Waals surface area contributed by atoms with E-state index in [9.17, 15) is 14.9 Å². The number of nitro groups is 1. The quantitative estimate of drug-likeness (QED) is 0.677. The summed E-state index contributed by atoms with van der Waals surface area (Å²) in [6.45, 7) is 2.04. The number of carbonyl (C=O) groups is 1. The largest absolute Gasteiger partial charge is 0.349 e. The summed E-state index contributed by atoms with van der Waals surface area (Å²) >= 11 is 5.77. The van der Waals surface area contributed by atoms with Crippen LogP contribution in [0.15, 0.2) is 18.2 Å². The number of rotatable bonds is 4. The van der Waals surface area contributed by atoms with Gasteiger partial charge in [0.25, 0.3) is 11.6 Å². The van der Waals surface area contributed by atoms with Crippen molar-refractivity contribution >= 4 is 23.2 Å². The van der Waals surface area contributed by atoms with Gasteiger partial charge in [-0.1, -0.05) is 18.0 Å². The molecule has 0 spiro atoms. The second-order valence-electron chi connectivity index (χ2n) is 6.52. The van der Waals surface area contributed by atoms with Gasteiger partial charge in [-0.15, -0.1) is 0 Å². The Morgan fingerprint density at radius 2 is 2.18 bits per heavy atom. The number of nitrogens with one attached hydrogen (secondary N) is 1. The first kappa shape index (κ1) is 15.3. The number of nitro benzene ring substituents is 1. The molecular weight excluding hydrogens is 304 g/mol. The SMILES string of the molecule is C[C@H](NC(=O)c1ccc(Cl)c([N+](=O)[O-])c1)[C@H]1C[C@H]2CC[C@H]1C2. The summed E-state index contributed by atoms with van der Waals surface area (Å²) in [5, 5.41) is 14.0. The molecule has 1 N–H and O–H groups in total. The Morgan fingerprint density at radius 1 is 1.41 bits per heavy atom. The zero-order valence-corrected chi connectivity index (χ0v) is 13.2. The van der Waals surface area contributed by atoms with Crippen LogP contribution in [-0.4, -0.2) is 16.9 Å². The minimum atomic E-state index is -0.571. The van der Waals surface area contributed by atoms with Crippen molar-refractivity contribution in [2.24, 2.45) is 17.8 Å². The number of amides is 1. The third kappa shape index (κ3) is 2.82. The molecule has 2 fully saturated rings. The van der Waals surface area contributed by atoms with Gasteiger partial charge >= 0.3 is 0 Å². The fourth-order valence-electron chi connectivity index (χ4n) is 4.10. The molecule has 2 bridgehead atoms. The van der Waals surface area contributed by atoms with Gasteiger partial charge in [0.2, 0.25) is 0 Å². The topological polar surface area (TPSA) is 72.2 Å². The zero-order chi connectivity index (χ0) is 15.9. The van der Waals surface area contributed by atoms with Crippen LogP contribution in [0.5, 0.6) is 0 Å². The summed E-state index contributed by atoms with van der Waals surface area (Å²) in [4.78, 5) is 22.7. The predicted octanol–water partition coefficient (Wildman–Crippen LogP) is 3.80. The van der Waals surface area contributed by atoms with Gasteiger partial charge in [-0.25, -0.2) is 0 Å². The molecular formula is C16H19ClN2O3. The molecule has 22 heavy (non-hydrogen) atoms. The molecule has 2 aliphatic rings. The minimum Gasteiger partial charge on any atom is -0.349 e. The maximum atomic E-state index is 12.3. The molecule has 2 saturated carbocycles. The first-order valence-electron chi connectivity index (χ1n) is 7.70. The Hall–Kier alpha value is -1.62. The number of hydrogen-bond donors (Lipinski definition) is 1. The van der Waals surface area contributed by atoms with E-state index < -0.39 is 4.92 Å². The lowest BCUT2D eigenvalue weighted by Crippen LogP contribution is -2.40. The van der Waals surface area contributed by atoms with Crippen molar-refractivity contribution in [1.82, 2.24) is 5.32 Å². The Bertz CT molecular complexity index is 619. The molecule has 6 heteroatoms. The fraction of sp³-hybridized carbons (Fsp3) is 0.562. The Balaban J connectivity index is 1.69. The van der Waals surface area contributed by atoms with Crippen molar-refractivity contribution in [2.45, 2.75) is 38.6 Å². The molecule has 5 nitrogen and oxygen atoms in total. The van der Waals surface area contributed by atoms with Crippen LogP contribution in [0.1, 0.15) is 43.0 Å². The van der Waals surface area contributed by atoms with E-state index in [0.717, 1.165) is 11.8 Å². The third-order valence-corrected chi connectivity index (χ3v) is 5.52. The van der Waals surface area contributed by atoms with Crippen molar-refractivity contribution in [1.29, 1.82) is 0 Å². The second-order valence-corrected chi connectivity index (χ2v) is 6.93. The molecule has 4 atom stereocenters. The van der Waals surface area contributed by atoms with Crippen molar-refractivity contribution in [3.05, 3.63) is 38.9 Å². The highest BCUT2D eigenvalue weighted by Crippen LogP contribution is 2.49. The van der Waals surface area contributed by atoms with Gasteiger partial charge in [0.05, 0.1) is 4.92 Å². The lowest BCUT2D eigenvalue weighted by molar-refractivity contribution is -0.384. The van der Waals surface area contributed by atoms with Crippen molar-refractivity contribution < 1.29 is 9.72 Å². The Labute approximate surface area is 134 Å². The predicted molar refractivity (Wildman–Crippen MR) is 84.0 cm³/mol. The maximum Gasteiger partial charge on any atom is 0.288 e. The molecule has 0 heterocycles. The van der Waals surface area contributed by atoms with Gasteiger partial charge in [-0.05, 0) is 56.1 Å². The summed E-state index contributed by atoms with van der Waals surface area (Å²) in [5.41, 5.74) is 0.0491. The standard InChI is InChI=1S/C16H19ClN2O3/c1-9(13-7-10-2-3-11(13)6-10)18-16(20)12-4-5-14(17)15(8-12)19(21)22/h4-5,8-11,13H,2-3,6-7H2,1H3,(H,18,20)/t9-,10-,11-,13+/m0/s1. The van der Waals surface area contributed by atoms with Crippen LogP contribution in [0.3, 0.4) is 0 Å². The monoisotopic (exact) mass is 322 g/mol. The molecule has 3 rings (SSSR count). The van der Waals surface area contributed by atoms with Crippen LogP contribution in [0.2, 0.25) is 5.02 Å². The van der Waals surface area contributed by atoms with E-state index in [4.69, 9.17) is 11.6 Å². The van der Waals surface area contributed by atoms with E-state index in [1.54, 1.807) is 0 Å². The zero-order valence-electron chi connectivity index (χ0n) is 12.4. The Kier molecular flexibility index (Phi) is 4.08. The van der Waals surface area contributed by atoms with Crippen LogP contribution < -0.4 is 5.32 Å². The van der Waals surface area contributed by atoms with E-state index in [1.807, 2.05) is 6.92 Å². The number of benzene rings is 1. The highest BCUT2D eigenvalue weighted by Gasteiger charge is 2.42. The highest BCUT2D eigenvalue weighted by molar-refractivity contribution is 6.32. The number of nitrogens with zero attached hydrogens (tertiary/aromatic N) is 1. The lowest BCUT2D eigenvalue weighted by Gasteiger charge is -2.28. The first-order valence-corrected chi connectivity index (χ1v) is 8.08. The van der Waals surface area contributed by atoms with Crippen LogP contribution >= 0.6 is 11.6 Å².